The second-order valence-corrected chi connectivity index (χ2v) is 12.5. The molecule has 4 aliphatic heterocycles. The fourth-order valence-electron chi connectivity index (χ4n) is 4.31. The van der Waals surface area contributed by atoms with Crippen LogP contribution in [0.15, 0.2) is 48.5 Å². The molecule has 0 amide bonds. The molecule has 4 atom stereocenters. The van der Waals surface area contributed by atoms with Crippen molar-refractivity contribution in [1.29, 1.82) is 0 Å². The summed E-state index contributed by atoms with van der Waals surface area (Å²) in [4.78, 5) is 4.62. The number of epoxide rings is 4. The highest BCUT2D eigenvalue weighted by Crippen LogP contribution is 2.41. The summed E-state index contributed by atoms with van der Waals surface area (Å²) in [6.07, 6.45) is 1.15. The Bertz CT molecular complexity index is 941. The highest BCUT2D eigenvalue weighted by molar-refractivity contribution is 7.78. The van der Waals surface area contributed by atoms with Gasteiger partial charge in [-0.25, -0.2) is 0 Å². The van der Waals surface area contributed by atoms with Crippen LogP contribution < -0.4 is 20.4 Å². The van der Waals surface area contributed by atoms with Crippen molar-refractivity contribution in [3.8, 4) is 0 Å². The average molecular weight is 471 g/mol. The molecule has 7 nitrogen and oxygen atoms in total. The van der Waals surface area contributed by atoms with Crippen molar-refractivity contribution < 1.29 is 23.5 Å². The van der Waals surface area contributed by atoms with Gasteiger partial charge in [0.15, 0.2) is 0 Å². The van der Waals surface area contributed by atoms with Gasteiger partial charge in [-0.3, -0.25) is 0 Å². The van der Waals surface area contributed by atoms with Crippen molar-refractivity contribution in [2.45, 2.75) is 24.4 Å². The Morgan fingerprint density at radius 1 is 0.697 bits per heavy atom. The molecule has 0 N–H and O–H groups in total. The van der Waals surface area contributed by atoms with E-state index in [9.17, 15) is 4.57 Å². The van der Waals surface area contributed by atoms with Crippen molar-refractivity contribution >= 4 is 29.1 Å². The van der Waals surface area contributed by atoms with Gasteiger partial charge in [-0.05, 0) is 30.9 Å². The second kappa shape index (κ2) is 8.71. The van der Waals surface area contributed by atoms with Crippen LogP contribution >= 0.6 is 7.14 Å². The first-order chi connectivity index (χ1) is 16.0. The Hall–Kier alpha value is -1.89. The first-order valence-electron chi connectivity index (χ1n) is 11.8. The molecule has 0 spiro atoms. The highest BCUT2D eigenvalue weighted by atomic mass is 31.2. The summed E-state index contributed by atoms with van der Waals surface area (Å²) < 4.78 is 36.0. The molecule has 33 heavy (non-hydrogen) atoms. The van der Waals surface area contributed by atoms with E-state index in [1.54, 1.807) is 0 Å². The molecule has 4 fully saturated rings. The minimum atomic E-state index is -2.78. The average Bonchev–Trinajstić information content (AvgIpc) is 3.62. The maximum atomic E-state index is 14.2. The van der Waals surface area contributed by atoms with E-state index in [0.717, 1.165) is 74.6 Å². The Kier molecular flexibility index (Phi) is 5.71. The zero-order chi connectivity index (χ0) is 22.4. The number of hydrogen-bond acceptors (Lipinski definition) is 7. The number of hydrogen-bond donors (Lipinski definition) is 0. The lowest BCUT2D eigenvalue weighted by molar-refractivity contribution is 0.388. The molecule has 2 aromatic carbocycles. The van der Waals surface area contributed by atoms with Gasteiger partial charge in [0, 0.05) is 48.2 Å². The van der Waals surface area contributed by atoms with Crippen molar-refractivity contribution in [3.05, 3.63) is 48.5 Å². The van der Waals surface area contributed by atoms with Crippen LogP contribution in [-0.2, 0) is 23.5 Å². The molecule has 6 rings (SSSR count). The summed E-state index contributed by atoms with van der Waals surface area (Å²) >= 11 is 0. The molecular weight excluding hydrogens is 439 g/mol. The fourth-order valence-corrected chi connectivity index (χ4v) is 6.10. The van der Waals surface area contributed by atoms with E-state index in [0.29, 0.717) is 0 Å². The van der Waals surface area contributed by atoms with Gasteiger partial charge in [0.25, 0.3) is 0 Å². The first kappa shape index (κ1) is 21.6. The molecule has 2 aromatic rings. The topological polar surface area (TPSA) is 73.7 Å². The summed E-state index contributed by atoms with van der Waals surface area (Å²) in [5.74, 6) is 0. The van der Waals surface area contributed by atoms with Crippen molar-refractivity contribution in [1.82, 2.24) is 0 Å². The number of benzene rings is 2. The third-order valence-corrected chi connectivity index (χ3v) is 9.21. The van der Waals surface area contributed by atoms with E-state index in [2.05, 4.69) is 34.1 Å². The lowest BCUT2D eigenvalue weighted by Gasteiger charge is -2.26. The molecule has 0 saturated carbocycles. The number of rotatable bonds is 12. The van der Waals surface area contributed by atoms with E-state index >= 15 is 0 Å². The molecule has 0 bridgehead atoms. The molecule has 0 aliphatic carbocycles. The van der Waals surface area contributed by atoms with Crippen molar-refractivity contribution in [3.63, 3.8) is 0 Å². The van der Waals surface area contributed by atoms with Gasteiger partial charge in [0.1, 0.15) is 7.14 Å². The number of nitrogens with zero attached hydrogens (tertiary/aromatic N) is 2. The van der Waals surface area contributed by atoms with E-state index in [1.165, 1.54) is 0 Å². The van der Waals surface area contributed by atoms with Gasteiger partial charge in [0.05, 0.1) is 50.8 Å². The summed E-state index contributed by atoms with van der Waals surface area (Å²) in [6, 6.07) is 16.4. The van der Waals surface area contributed by atoms with Gasteiger partial charge >= 0.3 is 0 Å². The van der Waals surface area contributed by atoms with Crippen LogP contribution in [0.4, 0.5) is 11.4 Å². The Balaban J connectivity index is 1.25. The maximum absolute atomic E-state index is 14.2. The van der Waals surface area contributed by atoms with E-state index in [4.69, 9.17) is 18.9 Å². The fraction of sp³-hybridized carbons (Fsp3) is 0.520. The lowest BCUT2D eigenvalue weighted by atomic mass is 10.2. The molecule has 0 aromatic heterocycles. The summed E-state index contributed by atoms with van der Waals surface area (Å²) in [6.45, 7) is 8.50. The van der Waals surface area contributed by atoms with Crippen LogP contribution in [0.2, 0.25) is 0 Å². The van der Waals surface area contributed by atoms with Gasteiger partial charge in [-0.15, -0.1) is 0 Å². The quantitative estimate of drug-likeness (QED) is 0.346. The molecule has 4 heterocycles. The molecule has 4 saturated heterocycles. The Morgan fingerprint density at radius 3 is 1.33 bits per heavy atom. The van der Waals surface area contributed by atoms with E-state index < -0.39 is 7.14 Å². The van der Waals surface area contributed by atoms with Gasteiger partial charge in [-0.2, -0.15) is 0 Å². The zero-order valence-electron chi connectivity index (χ0n) is 19.0. The Morgan fingerprint density at radius 2 is 1.03 bits per heavy atom. The number of anilines is 2. The SMILES string of the molecule is CP(=O)(c1cccc(N(CC2CO2)CC2CO2)c1)c1cccc(N(CC2CO2)CC2CO2)c1. The monoisotopic (exact) mass is 470 g/mol. The predicted molar refractivity (Wildman–Crippen MR) is 129 cm³/mol. The van der Waals surface area contributed by atoms with E-state index in [-0.39, 0.29) is 24.4 Å². The Labute approximate surface area is 194 Å². The summed E-state index contributed by atoms with van der Waals surface area (Å²) in [5, 5.41) is 1.75. The van der Waals surface area contributed by atoms with E-state index in [1.807, 2.05) is 30.9 Å². The predicted octanol–water partition coefficient (Wildman–Crippen LogP) is 1.84. The van der Waals surface area contributed by atoms with Gasteiger partial charge in [-0.1, -0.05) is 24.3 Å². The van der Waals surface area contributed by atoms with Crippen LogP contribution in [0.3, 0.4) is 0 Å². The third kappa shape index (κ3) is 5.44. The standard InChI is InChI=1S/C25H31N2O5P/c1-33(28,24-6-2-4-18(8-24)26(10-20-14-29-20)11-21-15-30-21)25-7-3-5-19(9-25)27(12-22-16-31-22)13-23-17-32-23/h2-9,20-23H,10-17H2,1H3. The van der Waals surface area contributed by atoms with Crippen LogP contribution in [0, 0.1) is 0 Å². The molecular formula is C25H31N2O5P. The number of ether oxygens (including phenoxy) is 4. The minimum absolute atomic E-state index is 0.286. The minimum Gasteiger partial charge on any atom is -0.371 e. The van der Waals surface area contributed by atoms with Gasteiger partial charge < -0.3 is 33.3 Å². The molecule has 176 valence electrons. The maximum Gasteiger partial charge on any atom is 0.140 e. The zero-order valence-corrected chi connectivity index (χ0v) is 19.9. The lowest BCUT2D eigenvalue weighted by Crippen LogP contribution is -2.32. The van der Waals surface area contributed by atoms with Crippen LogP contribution in [0.1, 0.15) is 0 Å². The van der Waals surface area contributed by atoms with Crippen LogP contribution in [0.25, 0.3) is 0 Å². The normalized spacial score (nSPS) is 28.6. The third-order valence-electron chi connectivity index (χ3n) is 6.68. The first-order valence-corrected chi connectivity index (χ1v) is 13.9. The molecule has 4 unspecified atom stereocenters. The molecule has 0 radical (unpaired) electrons. The molecule has 4 aliphatic rings. The largest absolute Gasteiger partial charge is 0.371 e. The van der Waals surface area contributed by atoms with Crippen molar-refractivity contribution in [2.75, 3.05) is 69.1 Å². The smallest absolute Gasteiger partial charge is 0.140 e. The van der Waals surface area contributed by atoms with Crippen molar-refractivity contribution in [2.24, 2.45) is 0 Å². The van der Waals surface area contributed by atoms with Crippen LogP contribution in [0.5, 0.6) is 0 Å². The van der Waals surface area contributed by atoms with Crippen LogP contribution in [-0.4, -0.2) is 83.7 Å². The summed E-state index contributed by atoms with van der Waals surface area (Å²) in [5.41, 5.74) is 2.16. The second-order valence-electron chi connectivity index (χ2n) is 9.60. The van der Waals surface area contributed by atoms with Gasteiger partial charge in [0.2, 0.25) is 0 Å². The summed E-state index contributed by atoms with van der Waals surface area (Å²) in [7, 11) is -2.78. The molecule has 8 heteroatoms. The highest BCUT2D eigenvalue weighted by Gasteiger charge is 2.33.